The minimum atomic E-state index is -1.84. The van der Waals surface area contributed by atoms with Crippen molar-refractivity contribution in [2.24, 2.45) is 0 Å². The molecule has 0 unspecified atom stereocenters. The summed E-state index contributed by atoms with van der Waals surface area (Å²) < 4.78 is 44.7. The molecule has 21 nitrogen and oxygen atoms in total. The van der Waals surface area contributed by atoms with Crippen LogP contribution in [0, 0.1) is 0 Å². The van der Waals surface area contributed by atoms with Crippen LogP contribution < -0.4 is 0 Å². The zero-order valence-electron chi connectivity index (χ0n) is 30.5. The quantitative estimate of drug-likeness (QED) is 0.0649. The average molecular weight is 843 g/mol. The molecule has 4 saturated heterocycles. The number of thioether (sulfide) groups is 1. The molecule has 0 amide bonds. The van der Waals surface area contributed by atoms with E-state index >= 15 is 0 Å². The van der Waals surface area contributed by atoms with Gasteiger partial charge >= 0.3 is 0 Å². The first-order valence-electron chi connectivity index (χ1n) is 18.4. The number of aliphatic hydroxyl groups excluding tert-OH is 13. The molecule has 1 aromatic carbocycles. The Bertz CT molecular complexity index is 1350. The second-order valence-corrected chi connectivity index (χ2v) is 15.1. The molecule has 4 fully saturated rings. The lowest BCUT2D eigenvalue weighted by atomic mass is 9.97. The molecule has 22 heteroatoms. The van der Waals surface area contributed by atoms with Gasteiger partial charge in [0, 0.05) is 5.75 Å². The highest BCUT2D eigenvalue weighted by molar-refractivity contribution is 8.00. The molecule has 4 aliphatic heterocycles. The lowest BCUT2D eigenvalue weighted by molar-refractivity contribution is -0.359. The van der Waals surface area contributed by atoms with Crippen LogP contribution in [0.1, 0.15) is 5.56 Å². The highest BCUT2D eigenvalue weighted by Crippen LogP contribution is 2.35. The van der Waals surface area contributed by atoms with E-state index in [1.807, 2.05) is 6.07 Å². The zero-order valence-corrected chi connectivity index (χ0v) is 31.3. The van der Waals surface area contributed by atoms with E-state index in [9.17, 15) is 66.4 Å². The van der Waals surface area contributed by atoms with Gasteiger partial charge in [0.25, 0.3) is 0 Å². The fourth-order valence-electron chi connectivity index (χ4n) is 6.76. The number of benzene rings is 1. The third kappa shape index (κ3) is 11.1. The Morgan fingerprint density at radius 3 is 1.51 bits per heavy atom. The van der Waals surface area contributed by atoms with Crippen LogP contribution in [0.4, 0.5) is 0 Å². The largest absolute Gasteiger partial charge is 0.394 e. The summed E-state index contributed by atoms with van der Waals surface area (Å²) in [5, 5.41) is 134. The molecule has 0 radical (unpaired) electrons. The van der Waals surface area contributed by atoms with Crippen LogP contribution in [0.3, 0.4) is 0 Å². The SMILES string of the molecule is OC[C@H]1O[C@@H](O[C@@H]2[C@@H](O)[C@H](OC/C=C/CS[C@@H]3[C@@H](O)[C@H](O[C@@H]4[C@@H](O)[C@H](OCc5ccccc5)O[C@H](CO)[C@H]4O)O[C@H](CO)[C@H]3O)O[C@H](CO)[C@H]2O)[C@H](O)[C@@H](O)[C@@H]1O. The maximum absolute atomic E-state index is 11.2. The minimum Gasteiger partial charge on any atom is -0.394 e. The number of hydrogen-bond donors (Lipinski definition) is 13. The lowest BCUT2D eigenvalue weighted by Crippen LogP contribution is -2.64. The number of hydrogen-bond acceptors (Lipinski definition) is 22. The summed E-state index contributed by atoms with van der Waals surface area (Å²) in [7, 11) is 0. The van der Waals surface area contributed by atoms with Gasteiger partial charge in [-0.1, -0.05) is 42.5 Å². The van der Waals surface area contributed by atoms with E-state index in [1.165, 1.54) is 6.08 Å². The van der Waals surface area contributed by atoms with E-state index in [0.717, 1.165) is 17.3 Å². The van der Waals surface area contributed by atoms with Gasteiger partial charge in [-0.3, -0.25) is 0 Å². The highest BCUT2D eigenvalue weighted by atomic mass is 32.2. The van der Waals surface area contributed by atoms with Crippen LogP contribution >= 0.6 is 11.8 Å². The summed E-state index contributed by atoms with van der Waals surface area (Å²) >= 11 is 1.04. The van der Waals surface area contributed by atoms with Gasteiger partial charge in [0.1, 0.15) is 85.5 Å². The van der Waals surface area contributed by atoms with Crippen LogP contribution in [0.2, 0.25) is 0 Å². The normalized spacial score (nSPS) is 44.4. The summed E-state index contributed by atoms with van der Waals surface area (Å²) in [5.74, 6) is 0.131. The first-order chi connectivity index (χ1) is 27.3. The molecule has 326 valence electrons. The highest BCUT2D eigenvalue weighted by Gasteiger charge is 2.53. The Labute approximate surface area is 331 Å². The summed E-state index contributed by atoms with van der Waals surface area (Å²) in [4.78, 5) is 0. The Morgan fingerprint density at radius 2 is 0.965 bits per heavy atom. The smallest absolute Gasteiger partial charge is 0.187 e. The van der Waals surface area contributed by atoms with Crippen molar-refractivity contribution in [3.05, 3.63) is 48.0 Å². The molecule has 5 rings (SSSR count). The van der Waals surface area contributed by atoms with Crippen LogP contribution in [0.15, 0.2) is 42.5 Å². The van der Waals surface area contributed by atoms with Crippen molar-refractivity contribution < 1.29 is 104 Å². The second-order valence-electron chi connectivity index (χ2n) is 13.9. The number of ether oxygens (including phenoxy) is 8. The van der Waals surface area contributed by atoms with Crippen molar-refractivity contribution in [1.29, 1.82) is 0 Å². The average Bonchev–Trinajstić information content (AvgIpc) is 3.21. The lowest BCUT2D eigenvalue weighted by Gasteiger charge is -2.46. The van der Waals surface area contributed by atoms with Crippen molar-refractivity contribution in [2.75, 3.05) is 38.8 Å². The molecule has 20 atom stereocenters. The van der Waals surface area contributed by atoms with Crippen LogP contribution in [-0.2, 0) is 44.5 Å². The van der Waals surface area contributed by atoms with Gasteiger partial charge in [0.05, 0.1) is 51.0 Å². The van der Waals surface area contributed by atoms with E-state index < -0.39 is 148 Å². The molecule has 0 saturated carbocycles. The fraction of sp³-hybridized carbons (Fsp3) is 0.771. The van der Waals surface area contributed by atoms with Gasteiger partial charge in [-0.15, -0.1) is 11.8 Å². The summed E-state index contributed by atoms with van der Waals surface area (Å²) in [6, 6.07) is 8.96. The van der Waals surface area contributed by atoms with Gasteiger partial charge < -0.3 is 104 Å². The number of rotatable bonds is 17. The van der Waals surface area contributed by atoms with E-state index in [-0.39, 0.29) is 19.0 Å². The predicted octanol–water partition coefficient (Wildman–Crippen LogP) is -6.23. The summed E-state index contributed by atoms with van der Waals surface area (Å²) in [6.07, 6.45) is -26.2. The molecule has 57 heavy (non-hydrogen) atoms. The Hall–Kier alpha value is -1.53. The standard InChI is InChI=1S/C35H54O21S/c36-10-16-20(40)24(44)25(45)34(53-16)55-29-21(41)17(11-37)51-32(26(29)46)49-8-4-5-9-57-31-23(43)19(13-39)54-35(28(31)48)56-30-22(42)18(12-38)52-33(27(30)47)50-14-15-6-2-1-3-7-15/h1-7,16-48H,8-14H2/b5-4+/t16-,17-,18-,19-,20-,21-,22-,23-,24+,25-,26-,27-,28-,29+,30+,31+,32-,33-,34+,35+/m1/s1. The van der Waals surface area contributed by atoms with E-state index in [4.69, 9.17) is 37.9 Å². The van der Waals surface area contributed by atoms with Crippen LogP contribution in [0.5, 0.6) is 0 Å². The predicted molar refractivity (Wildman–Crippen MR) is 189 cm³/mol. The van der Waals surface area contributed by atoms with Gasteiger partial charge in [-0.05, 0) is 5.56 Å². The Morgan fingerprint density at radius 1 is 0.491 bits per heavy atom. The summed E-state index contributed by atoms with van der Waals surface area (Å²) in [6.45, 7) is -3.02. The van der Waals surface area contributed by atoms with Crippen molar-refractivity contribution >= 4 is 11.8 Å². The third-order valence-electron chi connectivity index (χ3n) is 10.1. The third-order valence-corrected chi connectivity index (χ3v) is 11.4. The minimum absolute atomic E-state index is 0.0170. The molecule has 4 aliphatic rings. The first-order valence-corrected chi connectivity index (χ1v) is 19.4. The molecule has 4 heterocycles. The van der Waals surface area contributed by atoms with Gasteiger partial charge in [0.2, 0.25) is 0 Å². The zero-order chi connectivity index (χ0) is 41.4. The van der Waals surface area contributed by atoms with Gasteiger partial charge in [-0.25, -0.2) is 0 Å². The topological polar surface area (TPSA) is 337 Å². The van der Waals surface area contributed by atoms with Crippen molar-refractivity contribution in [1.82, 2.24) is 0 Å². The maximum Gasteiger partial charge on any atom is 0.187 e. The van der Waals surface area contributed by atoms with Crippen LogP contribution in [0.25, 0.3) is 0 Å². The summed E-state index contributed by atoms with van der Waals surface area (Å²) in [5.41, 5.74) is 0.757. The monoisotopic (exact) mass is 842 g/mol. The Balaban J connectivity index is 1.15. The molecule has 0 aliphatic carbocycles. The molecule has 1 aromatic rings. The van der Waals surface area contributed by atoms with E-state index in [2.05, 4.69) is 0 Å². The maximum atomic E-state index is 11.2. The number of aliphatic hydroxyl groups is 13. The van der Waals surface area contributed by atoms with Crippen LogP contribution in [-0.4, -0.2) is 227 Å². The first kappa shape index (κ1) is 46.5. The van der Waals surface area contributed by atoms with E-state index in [1.54, 1.807) is 30.3 Å². The molecule has 0 bridgehead atoms. The fourth-order valence-corrected chi connectivity index (χ4v) is 7.93. The molecular formula is C35H54O21S. The van der Waals surface area contributed by atoms with Crippen molar-refractivity contribution in [3.63, 3.8) is 0 Å². The molecule has 13 N–H and O–H groups in total. The Kier molecular flexibility index (Phi) is 17.8. The molecule has 0 spiro atoms. The van der Waals surface area contributed by atoms with Crippen molar-refractivity contribution in [2.45, 2.75) is 129 Å². The van der Waals surface area contributed by atoms with Gasteiger partial charge in [0.15, 0.2) is 25.2 Å². The van der Waals surface area contributed by atoms with Gasteiger partial charge in [-0.2, -0.15) is 0 Å². The second kappa shape index (κ2) is 21.8. The molecule has 0 aromatic heterocycles. The molecular weight excluding hydrogens is 788 g/mol. The van der Waals surface area contributed by atoms with E-state index in [0.29, 0.717) is 0 Å². The van der Waals surface area contributed by atoms with Crippen molar-refractivity contribution in [3.8, 4) is 0 Å².